The molecule has 0 fully saturated rings. The van der Waals surface area contributed by atoms with Crippen LogP contribution in [0.3, 0.4) is 0 Å². The van der Waals surface area contributed by atoms with E-state index in [0.717, 1.165) is 23.8 Å². The summed E-state index contributed by atoms with van der Waals surface area (Å²) in [7, 11) is 0. The number of carbonyl (C=O) groups excluding carboxylic acids is 1. The number of nitrogens with zero attached hydrogens (tertiary/aromatic N) is 1. The van der Waals surface area contributed by atoms with Gasteiger partial charge < -0.3 is 10.6 Å². The molecular formula is C16H19N3OS. The van der Waals surface area contributed by atoms with Crippen LogP contribution in [0.1, 0.15) is 19.4 Å². The number of pyridine rings is 1. The van der Waals surface area contributed by atoms with E-state index in [0.29, 0.717) is 0 Å². The van der Waals surface area contributed by atoms with Crippen molar-refractivity contribution < 1.29 is 4.79 Å². The van der Waals surface area contributed by atoms with Crippen molar-refractivity contribution >= 4 is 29.2 Å². The summed E-state index contributed by atoms with van der Waals surface area (Å²) in [6, 6.07) is 12.0. The third kappa shape index (κ3) is 5.11. The number of aromatic nitrogens is 1. The molecule has 1 aromatic heterocycles. The number of benzene rings is 1. The molecule has 0 radical (unpaired) electrons. The minimum atomic E-state index is -0.0526. The van der Waals surface area contributed by atoms with Gasteiger partial charge in [-0.25, -0.2) is 4.98 Å². The lowest BCUT2D eigenvalue weighted by atomic mass is 10.3. The molecule has 0 bridgehead atoms. The Bertz CT molecular complexity index is 599. The van der Waals surface area contributed by atoms with Crippen molar-refractivity contribution in [2.75, 3.05) is 17.2 Å². The largest absolute Gasteiger partial charge is 0.370 e. The predicted octanol–water partition coefficient (Wildman–Crippen LogP) is 3.76. The molecular weight excluding hydrogens is 282 g/mol. The summed E-state index contributed by atoms with van der Waals surface area (Å²) >= 11 is 1.76. The quantitative estimate of drug-likeness (QED) is 0.798. The highest BCUT2D eigenvalue weighted by Gasteiger charge is 2.00. The highest BCUT2D eigenvalue weighted by Crippen LogP contribution is 2.24. The van der Waals surface area contributed by atoms with E-state index in [-0.39, 0.29) is 5.91 Å². The Balaban J connectivity index is 1.93. The van der Waals surface area contributed by atoms with Crippen LogP contribution in [-0.2, 0) is 10.5 Å². The first-order chi connectivity index (χ1) is 10.2. The normalized spacial score (nSPS) is 10.2. The molecule has 0 saturated carbocycles. The molecule has 1 amide bonds. The third-order valence-electron chi connectivity index (χ3n) is 2.76. The standard InChI is InChI=1S/C16H19N3OS/c1-3-17-16-10-13(8-9-18-16)11-21-15-6-4-14(5-7-15)19-12(2)20/h4-10H,3,11H2,1-2H3,(H,17,18)(H,19,20). The molecule has 1 heterocycles. The van der Waals surface area contributed by atoms with Gasteiger partial charge in [0.05, 0.1) is 0 Å². The molecule has 21 heavy (non-hydrogen) atoms. The summed E-state index contributed by atoms with van der Waals surface area (Å²) in [4.78, 5) is 16.4. The number of hydrogen-bond donors (Lipinski definition) is 2. The minimum Gasteiger partial charge on any atom is -0.370 e. The minimum absolute atomic E-state index is 0.0526. The Morgan fingerprint density at radius 3 is 2.67 bits per heavy atom. The monoisotopic (exact) mass is 301 g/mol. The van der Waals surface area contributed by atoms with Crippen LogP contribution >= 0.6 is 11.8 Å². The van der Waals surface area contributed by atoms with Gasteiger partial charge >= 0.3 is 0 Å². The second-order valence-electron chi connectivity index (χ2n) is 4.57. The summed E-state index contributed by atoms with van der Waals surface area (Å²) in [5, 5.41) is 5.97. The lowest BCUT2D eigenvalue weighted by Gasteiger charge is -2.06. The smallest absolute Gasteiger partial charge is 0.221 e. The molecule has 2 aromatic rings. The van der Waals surface area contributed by atoms with E-state index in [1.54, 1.807) is 11.8 Å². The van der Waals surface area contributed by atoms with Crippen LogP contribution in [0.5, 0.6) is 0 Å². The highest BCUT2D eigenvalue weighted by molar-refractivity contribution is 7.98. The molecule has 5 heteroatoms. The van der Waals surface area contributed by atoms with Gasteiger partial charge in [-0.3, -0.25) is 4.79 Å². The SMILES string of the molecule is CCNc1cc(CSc2ccc(NC(C)=O)cc2)ccn1. The number of anilines is 2. The van der Waals surface area contributed by atoms with E-state index in [2.05, 4.69) is 28.6 Å². The fourth-order valence-electron chi connectivity index (χ4n) is 1.85. The van der Waals surface area contributed by atoms with Crippen molar-refractivity contribution in [3.8, 4) is 0 Å². The van der Waals surface area contributed by atoms with E-state index >= 15 is 0 Å². The maximum atomic E-state index is 11.0. The van der Waals surface area contributed by atoms with Gasteiger partial charge in [0.1, 0.15) is 5.82 Å². The maximum absolute atomic E-state index is 11.0. The second-order valence-corrected chi connectivity index (χ2v) is 5.62. The van der Waals surface area contributed by atoms with Gasteiger partial charge in [0, 0.05) is 36.0 Å². The van der Waals surface area contributed by atoms with Gasteiger partial charge in [-0.05, 0) is 48.9 Å². The van der Waals surface area contributed by atoms with Crippen molar-refractivity contribution in [1.82, 2.24) is 4.98 Å². The fourth-order valence-corrected chi connectivity index (χ4v) is 2.69. The predicted molar refractivity (Wildman–Crippen MR) is 88.7 cm³/mol. The lowest BCUT2D eigenvalue weighted by Crippen LogP contribution is -2.05. The van der Waals surface area contributed by atoms with Crippen LogP contribution in [0.4, 0.5) is 11.5 Å². The Labute approximate surface area is 129 Å². The van der Waals surface area contributed by atoms with Crippen LogP contribution < -0.4 is 10.6 Å². The number of thioether (sulfide) groups is 1. The molecule has 0 saturated heterocycles. The summed E-state index contributed by atoms with van der Waals surface area (Å²) in [6.45, 7) is 4.43. The molecule has 0 aliphatic heterocycles. The second kappa shape index (κ2) is 7.69. The van der Waals surface area contributed by atoms with Crippen LogP contribution in [0.25, 0.3) is 0 Å². The molecule has 0 aliphatic carbocycles. The lowest BCUT2D eigenvalue weighted by molar-refractivity contribution is -0.114. The van der Waals surface area contributed by atoms with Crippen LogP contribution in [0, 0.1) is 0 Å². The number of rotatable bonds is 6. The average molecular weight is 301 g/mol. The highest BCUT2D eigenvalue weighted by atomic mass is 32.2. The van der Waals surface area contributed by atoms with Gasteiger partial charge in [0.2, 0.25) is 5.91 Å². The van der Waals surface area contributed by atoms with Crippen molar-refractivity contribution in [2.45, 2.75) is 24.5 Å². The molecule has 0 aliphatic rings. The number of amides is 1. The number of nitrogens with one attached hydrogen (secondary N) is 2. The topological polar surface area (TPSA) is 54.0 Å². The van der Waals surface area contributed by atoms with Crippen molar-refractivity contribution in [3.63, 3.8) is 0 Å². The van der Waals surface area contributed by atoms with Gasteiger partial charge in [0.25, 0.3) is 0 Å². The Morgan fingerprint density at radius 1 is 1.24 bits per heavy atom. The number of carbonyl (C=O) groups is 1. The average Bonchev–Trinajstić information content (AvgIpc) is 2.47. The first kappa shape index (κ1) is 15.4. The zero-order chi connectivity index (χ0) is 15.1. The molecule has 2 rings (SSSR count). The number of hydrogen-bond acceptors (Lipinski definition) is 4. The molecule has 2 N–H and O–H groups in total. The van der Waals surface area contributed by atoms with E-state index in [1.165, 1.54) is 17.4 Å². The van der Waals surface area contributed by atoms with E-state index in [9.17, 15) is 4.79 Å². The van der Waals surface area contributed by atoms with E-state index in [1.807, 2.05) is 36.5 Å². The molecule has 0 atom stereocenters. The summed E-state index contributed by atoms with van der Waals surface area (Å²) in [5.74, 6) is 1.75. The molecule has 0 spiro atoms. The van der Waals surface area contributed by atoms with E-state index < -0.39 is 0 Å². The molecule has 0 unspecified atom stereocenters. The maximum Gasteiger partial charge on any atom is 0.221 e. The third-order valence-corrected chi connectivity index (χ3v) is 3.85. The van der Waals surface area contributed by atoms with Crippen LogP contribution in [-0.4, -0.2) is 17.4 Å². The van der Waals surface area contributed by atoms with Crippen LogP contribution in [0.2, 0.25) is 0 Å². The molecule has 4 nitrogen and oxygen atoms in total. The van der Waals surface area contributed by atoms with Crippen molar-refractivity contribution in [3.05, 3.63) is 48.2 Å². The first-order valence-electron chi connectivity index (χ1n) is 6.86. The first-order valence-corrected chi connectivity index (χ1v) is 7.85. The van der Waals surface area contributed by atoms with Crippen molar-refractivity contribution in [2.24, 2.45) is 0 Å². The zero-order valence-electron chi connectivity index (χ0n) is 12.2. The fraction of sp³-hybridized carbons (Fsp3) is 0.250. The van der Waals surface area contributed by atoms with Gasteiger partial charge in [-0.1, -0.05) is 0 Å². The Morgan fingerprint density at radius 2 is 2.00 bits per heavy atom. The summed E-state index contributed by atoms with van der Waals surface area (Å²) in [5.41, 5.74) is 2.06. The summed E-state index contributed by atoms with van der Waals surface area (Å²) < 4.78 is 0. The van der Waals surface area contributed by atoms with Gasteiger partial charge in [0.15, 0.2) is 0 Å². The Kier molecular flexibility index (Phi) is 5.63. The molecule has 110 valence electrons. The molecule has 1 aromatic carbocycles. The summed E-state index contributed by atoms with van der Waals surface area (Å²) in [6.07, 6.45) is 1.83. The van der Waals surface area contributed by atoms with Gasteiger partial charge in [-0.2, -0.15) is 0 Å². The van der Waals surface area contributed by atoms with Crippen LogP contribution in [0.15, 0.2) is 47.5 Å². The van der Waals surface area contributed by atoms with Crippen molar-refractivity contribution in [1.29, 1.82) is 0 Å². The Hall–Kier alpha value is -2.01. The van der Waals surface area contributed by atoms with E-state index in [4.69, 9.17) is 0 Å². The van der Waals surface area contributed by atoms with Gasteiger partial charge in [-0.15, -0.1) is 11.8 Å². The zero-order valence-corrected chi connectivity index (χ0v) is 13.0.